The first-order valence-electron chi connectivity index (χ1n) is 5.72. The number of amides is 1. The molecule has 0 aliphatic heterocycles. The zero-order valence-electron chi connectivity index (χ0n) is 9.60. The highest BCUT2D eigenvalue weighted by atomic mass is 16.2. The van der Waals surface area contributed by atoms with E-state index in [1.807, 2.05) is 0 Å². The molecule has 0 bridgehead atoms. The molecule has 8 heteroatoms. The third-order valence-electron chi connectivity index (χ3n) is 2.86. The van der Waals surface area contributed by atoms with Gasteiger partial charge in [-0.15, -0.1) is 5.10 Å². The normalized spacial score (nSPS) is 14.7. The number of aromatic nitrogens is 5. The van der Waals surface area contributed by atoms with E-state index in [2.05, 4.69) is 30.7 Å². The second kappa shape index (κ2) is 4.13. The van der Waals surface area contributed by atoms with Gasteiger partial charge in [0.15, 0.2) is 0 Å². The highest BCUT2D eigenvalue weighted by Gasteiger charge is 2.28. The number of H-pyrrole nitrogens is 2. The van der Waals surface area contributed by atoms with Gasteiger partial charge in [-0.05, 0) is 12.8 Å². The highest BCUT2D eigenvalue weighted by Crippen LogP contribution is 2.37. The number of hydrogen-bond donors (Lipinski definition) is 4. The molecule has 2 aromatic heterocycles. The molecule has 0 atom stereocenters. The standard InChI is InChI=1S/C10H13N7O/c11-7-6(4-13-15-7)3-12-10(18)9-14-8(16-17-9)5-1-2-5/h4-5H,1-3H2,(H,12,18)(H3,11,13,15)(H,14,16,17). The Hall–Kier alpha value is -2.38. The average Bonchev–Trinajstić information content (AvgIpc) is 2.95. The summed E-state index contributed by atoms with van der Waals surface area (Å²) in [6.07, 6.45) is 3.80. The van der Waals surface area contributed by atoms with Crippen LogP contribution < -0.4 is 11.1 Å². The molecule has 1 aliphatic carbocycles. The van der Waals surface area contributed by atoms with E-state index in [1.165, 1.54) is 0 Å². The zero-order chi connectivity index (χ0) is 12.5. The Morgan fingerprint density at radius 3 is 3.00 bits per heavy atom. The fourth-order valence-corrected chi connectivity index (χ4v) is 1.63. The van der Waals surface area contributed by atoms with Crippen molar-refractivity contribution in [2.24, 2.45) is 0 Å². The molecule has 0 saturated heterocycles. The summed E-state index contributed by atoms with van der Waals surface area (Å²) in [5, 5.41) is 15.7. The summed E-state index contributed by atoms with van der Waals surface area (Å²) < 4.78 is 0. The average molecular weight is 247 g/mol. The molecular formula is C10H13N7O. The summed E-state index contributed by atoms with van der Waals surface area (Å²) in [5.41, 5.74) is 6.35. The van der Waals surface area contributed by atoms with Crippen molar-refractivity contribution in [1.29, 1.82) is 0 Å². The Morgan fingerprint density at radius 2 is 2.33 bits per heavy atom. The summed E-state index contributed by atoms with van der Waals surface area (Å²) in [4.78, 5) is 15.9. The maximum absolute atomic E-state index is 11.8. The van der Waals surface area contributed by atoms with Crippen molar-refractivity contribution in [2.45, 2.75) is 25.3 Å². The van der Waals surface area contributed by atoms with Crippen LogP contribution in [0.2, 0.25) is 0 Å². The van der Waals surface area contributed by atoms with Crippen LogP contribution in [0.1, 0.15) is 40.8 Å². The van der Waals surface area contributed by atoms with Crippen LogP contribution in [0.15, 0.2) is 6.20 Å². The second-order valence-corrected chi connectivity index (χ2v) is 4.31. The van der Waals surface area contributed by atoms with Crippen molar-refractivity contribution < 1.29 is 4.79 Å². The van der Waals surface area contributed by atoms with Crippen molar-refractivity contribution in [2.75, 3.05) is 5.73 Å². The van der Waals surface area contributed by atoms with Gasteiger partial charge in [-0.1, -0.05) is 0 Å². The van der Waals surface area contributed by atoms with E-state index in [-0.39, 0.29) is 11.7 Å². The molecule has 1 fully saturated rings. The Morgan fingerprint density at radius 1 is 1.50 bits per heavy atom. The fraction of sp³-hybridized carbons (Fsp3) is 0.400. The number of anilines is 1. The molecule has 0 unspecified atom stereocenters. The number of carbonyl (C=O) groups is 1. The Balaban J connectivity index is 1.62. The van der Waals surface area contributed by atoms with Crippen LogP contribution in [0.25, 0.3) is 0 Å². The summed E-state index contributed by atoms with van der Waals surface area (Å²) in [6.45, 7) is 0.300. The number of nitrogen functional groups attached to an aromatic ring is 1. The lowest BCUT2D eigenvalue weighted by Crippen LogP contribution is -2.24. The van der Waals surface area contributed by atoms with Gasteiger partial charge in [0.25, 0.3) is 5.91 Å². The SMILES string of the molecule is Nc1[nH]ncc1CNC(=O)c1n[nH]c(C2CC2)n1. The van der Waals surface area contributed by atoms with E-state index in [9.17, 15) is 4.79 Å². The summed E-state index contributed by atoms with van der Waals surface area (Å²) in [7, 11) is 0. The van der Waals surface area contributed by atoms with Crippen molar-refractivity contribution >= 4 is 11.7 Å². The number of aromatic amines is 2. The molecule has 2 aromatic rings. The number of nitrogens with two attached hydrogens (primary N) is 1. The van der Waals surface area contributed by atoms with Crippen molar-refractivity contribution in [3.05, 3.63) is 23.4 Å². The minimum absolute atomic E-state index is 0.166. The molecule has 0 radical (unpaired) electrons. The molecule has 18 heavy (non-hydrogen) atoms. The van der Waals surface area contributed by atoms with E-state index >= 15 is 0 Å². The lowest BCUT2D eigenvalue weighted by molar-refractivity contribution is 0.0941. The van der Waals surface area contributed by atoms with E-state index in [1.54, 1.807) is 6.20 Å². The number of nitrogens with one attached hydrogen (secondary N) is 3. The van der Waals surface area contributed by atoms with E-state index in [0.717, 1.165) is 24.2 Å². The summed E-state index contributed by atoms with van der Waals surface area (Å²) in [6, 6.07) is 0. The van der Waals surface area contributed by atoms with Gasteiger partial charge in [-0.2, -0.15) is 5.10 Å². The van der Waals surface area contributed by atoms with Gasteiger partial charge >= 0.3 is 0 Å². The van der Waals surface area contributed by atoms with E-state index < -0.39 is 0 Å². The lowest BCUT2D eigenvalue weighted by Gasteiger charge is -2.00. The molecule has 0 aromatic carbocycles. The Bertz CT molecular complexity index is 568. The van der Waals surface area contributed by atoms with Crippen LogP contribution >= 0.6 is 0 Å². The largest absolute Gasteiger partial charge is 0.384 e. The van der Waals surface area contributed by atoms with Crippen molar-refractivity contribution in [3.8, 4) is 0 Å². The molecule has 1 saturated carbocycles. The molecule has 94 valence electrons. The minimum Gasteiger partial charge on any atom is -0.384 e. The third kappa shape index (κ3) is 2.04. The van der Waals surface area contributed by atoms with Crippen LogP contribution in [0.4, 0.5) is 5.82 Å². The van der Waals surface area contributed by atoms with E-state index in [4.69, 9.17) is 5.73 Å². The van der Waals surface area contributed by atoms with Crippen LogP contribution in [0.5, 0.6) is 0 Å². The van der Waals surface area contributed by atoms with Gasteiger partial charge in [0.2, 0.25) is 5.82 Å². The monoisotopic (exact) mass is 247 g/mol. The van der Waals surface area contributed by atoms with Crippen molar-refractivity contribution in [3.63, 3.8) is 0 Å². The highest BCUT2D eigenvalue weighted by molar-refractivity contribution is 5.90. The van der Waals surface area contributed by atoms with E-state index in [0.29, 0.717) is 18.3 Å². The molecule has 1 aliphatic rings. The van der Waals surface area contributed by atoms with Gasteiger partial charge in [0.1, 0.15) is 11.6 Å². The Labute approximate surface area is 102 Å². The lowest BCUT2D eigenvalue weighted by atomic mass is 10.3. The smallest absolute Gasteiger partial charge is 0.291 e. The van der Waals surface area contributed by atoms with Gasteiger partial charge in [0, 0.05) is 18.0 Å². The van der Waals surface area contributed by atoms with Crippen LogP contribution in [0.3, 0.4) is 0 Å². The molecule has 5 N–H and O–H groups in total. The predicted molar refractivity (Wildman–Crippen MR) is 62.5 cm³/mol. The molecule has 0 spiro atoms. The Kier molecular flexibility index (Phi) is 2.47. The molecule has 8 nitrogen and oxygen atoms in total. The van der Waals surface area contributed by atoms with Crippen LogP contribution in [-0.2, 0) is 6.54 Å². The topological polar surface area (TPSA) is 125 Å². The summed E-state index contributed by atoms with van der Waals surface area (Å²) in [5.74, 6) is 1.54. The summed E-state index contributed by atoms with van der Waals surface area (Å²) >= 11 is 0. The van der Waals surface area contributed by atoms with Gasteiger partial charge in [-0.25, -0.2) is 4.98 Å². The second-order valence-electron chi connectivity index (χ2n) is 4.31. The minimum atomic E-state index is -0.321. The first-order valence-corrected chi connectivity index (χ1v) is 5.72. The number of nitrogens with zero attached hydrogens (tertiary/aromatic N) is 3. The molecule has 1 amide bonds. The molecule has 3 rings (SSSR count). The maximum atomic E-state index is 11.8. The number of hydrogen-bond acceptors (Lipinski definition) is 5. The number of rotatable bonds is 4. The van der Waals surface area contributed by atoms with Gasteiger partial charge in [-0.3, -0.25) is 15.0 Å². The molecular weight excluding hydrogens is 234 g/mol. The van der Waals surface area contributed by atoms with Gasteiger partial charge in [0.05, 0.1) is 6.20 Å². The fourth-order valence-electron chi connectivity index (χ4n) is 1.63. The maximum Gasteiger partial charge on any atom is 0.291 e. The molecule has 2 heterocycles. The van der Waals surface area contributed by atoms with Gasteiger partial charge < -0.3 is 11.1 Å². The van der Waals surface area contributed by atoms with Crippen LogP contribution in [-0.4, -0.2) is 31.3 Å². The zero-order valence-corrected chi connectivity index (χ0v) is 9.60. The first-order chi connectivity index (χ1) is 8.74. The van der Waals surface area contributed by atoms with Crippen LogP contribution in [0, 0.1) is 0 Å². The predicted octanol–water partition coefficient (Wildman–Crippen LogP) is -0.0826. The van der Waals surface area contributed by atoms with Crippen molar-refractivity contribution in [1.82, 2.24) is 30.7 Å². The number of carbonyl (C=O) groups excluding carboxylic acids is 1. The third-order valence-corrected chi connectivity index (χ3v) is 2.86. The first kappa shape index (κ1) is 10.8. The quantitative estimate of drug-likeness (QED) is 0.601.